The molecule has 126 valence electrons. The van der Waals surface area contributed by atoms with Crippen molar-refractivity contribution in [3.63, 3.8) is 0 Å². The average Bonchev–Trinajstić information content (AvgIpc) is 3.19. The van der Waals surface area contributed by atoms with Gasteiger partial charge in [0, 0.05) is 24.8 Å². The van der Waals surface area contributed by atoms with Crippen molar-refractivity contribution >= 4 is 28.5 Å². The van der Waals surface area contributed by atoms with Gasteiger partial charge in [-0.25, -0.2) is 4.98 Å². The average molecular weight is 334 g/mol. The van der Waals surface area contributed by atoms with E-state index in [1.807, 2.05) is 18.2 Å². The molecule has 2 N–H and O–H groups in total. The molecule has 6 heteroatoms. The molecule has 0 atom stereocenters. The summed E-state index contributed by atoms with van der Waals surface area (Å²) in [5, 5.41) is 2.94. The van der Waals surface area contributed by atoms with Crippen LogP contribution in [0.4, 0.5) is 5.69 Å². The van der Waals surface area contributed by atoms with E-state index in [9.17, 15) is 9.59 Å². The monoisotopic (exact) mass is 334 g/mol. The third-order valence-corrected chi connectivity index (χ3v) is 4.60. The Morgan fingerprint density at radius 3 is 3.04 bits per heavy atom. The first-order chi connectivity index (χ1) is 12.1. The van der Waals surface area contributed by atoms with E-state index in [2.05, 4.69) is 21.4 Å². The minimum Gasteiger partial charge on any atom is -0.352 e. The van der Waals surface area contributed by atoms with Crippen LogP contribution in [-0.2, 0) is 17.6 Å². The van der Waals surface area contributed by atoms with Crippen molar-refractivity contribution in [3.8, 4) is 0 Å². The Balaban J connectivity index is 1.38. The Labute approximate surface area is 144 Å². The molecule has 0 spiro atoms. The Morgan fingerprint density at radius 1 is 1.28 bits per heavy atom. The highest BCUT2D eigenvalue weighted by Gasteiger charge is 2.23. The SMILES string of the molecule is CN1C(=O)Cc2cc(CCNC(=O)c3ccc4nc[nH]c4c3)ccc21. The zero-order chi connectivity index (χ0) is 17.4. The van der Waals surface area contributed by atoms with Gasteiger partial charge in [-0.15, -0.1) is 0 Å². The number of fused-ring (bicyclic) bond motifs is 2. The van der Waals surface area contributed by atoms with E-state index in [4.69, 9.17) is 0 Å². The maximum atomic E-state index is 12.3. The van der Waals surface area contributed by atoms with Gasteiger partial charge in [0.15, 0.2) is 0 Å². The van der Waals surface area contributed by atoms with E-state index in [1.165, 1.54) is 0 Å². The predicted molar refractivity (Wildman–Crippen MR) is 95.7 cm³/mol. The second kappa shape index (κ2) is 6.05. The van der Waals surface area contributed by atoms with Gasteiger partial charge in [-0.1, -0.05) is 12.1 Å². The number of imidazole rings is 1. The maximum absolute atomic E-state index is 12.3. The number of nitrogens with zero attached hydrogens (tertiary/aromatic N) is 2. The molecule has 0 saturated heterocycles. The Hall–Kier alpha value is -3.15. The predicted octanol–water partition coefficient (Wildman–Crippen LogP) is 2.05. The molecule has 2 amide bonds. The van der Waals surface area contributed by atoms with Gasteiger partial charge in [-0.3, -0.25) is 9.59 Å². The highest BCUT2D eigenvalue weighted by molar-refractivity contribution is 6.01. The second-order valence-electron chi connectivity index (χ2n) is 6.23. The summed E-state index contributed by atoms with van der Waals surface area (Å²) in [4.78, 5) is 32.9. The van der Waals surface area contributed by atoms with Gasteiger partial charge >= 0.3 is 0 Å². The van der Waals surface area contributed by atoms with Crippen molar-refractivity contribution in [2.45, 2.75) is 12.8 Å². The van der Waals surface area contributed by atoms with E-state index in [0.717, 1.165) is 34.3 Å². The molecule has 3 aromatic rings. The molecule has 4 rings (SSSR count). The summed E-state index contributed by atoms with van der Waals surface area (Å²) in [6.07, 6.45) is 2.79. The normalized spacial score (nSPS) is 13.3. The quantitative estimate of drug-likeness (QED) is 0.766. The molecule has 0 radical (unpaired) electrons. The molecule has 2 heterocycles. The molecule has 0 aliphatic carbocycles. The number of aromatic amines is 1. The van der Waals surface area contributed by atoms with Gasteiger partial charge in [0.1, 0.15) is 0 Å². The third kappa shape index (κ3) is 2.87. The lowest BCUT2D eigenvalue weighted by molar-refractivity contribution is -0.117. The van der Waals surface area contributed by atoms with Crippen molar-refractivity contribution in [1.82, 2.24) is 15.3 Å². The molecule has 0 fully saturated rings. The third-order valence-electron chi connectivity index (χ3n) is 4.60. The number of anilines is 1. The van der Waals surface area contributed by atoms with Crippen molar-refractivity contribution in [2.75, 3.05) is 18.5 Å². The minimum absolute atomic E-state index is 0.104. The molecule has 25 heavy (non-hydrogen) atoms. The van der Waals surface area contributed by atoms with Crippen molar-refractivity contribution in [2.24, 2.45) is 0 Å². The number of nitrogens with one attached hydrogen (secondary N) is 2. The molecule has 1 aliphatic rings. The van der Waals surface area contributed by atoms with Crippen LogP contribution in [0.15, 0.2) is 42.7 Å². The molecule has 0 unspecified atom stereocenters. The molecular formula is C19H18N4O2. The fourth-order valence-corrected chi connectivity index (χ4v) is 3.18. The Morgan fingerprint density at radius 2 is 2.16 bits per heavy atom. The number of hydrogen-bond acceptors (Lipinski definition) is 3. The van der Waals surface area contributed by atoms with Crippen LogP contribution in [-0.4, -0.2) is 35.4 Å². The van der Waals surface area contributed by atoms with Gasteiger partial charge in [-0.05, 0) is 41.8 Å². The molecule has 0 saturated carbocycles. The Bertz CT molecular complexity index is 976. The summed E-state index contributed by atoms with van der Waals surface area (Å²) >= 11 is 0. The number of carbonyl (C=O) groups is 2. The second-order valence-corrected chi connectivity index (χ2v) is 6.23. The van der Waals surface area contributed by atoms with Crippen LogP contribution in [0.25, 0.3) is 11.0 Å². The van der Waals surface area contributed by atoms with Gasteiger partial charge in [0.05, 0.1) is 23.8 Å². The van der Waals surface area contributed by atoms with Crippen LogP contribution in [0.5, 0.6) is 0 Å². The van der Waals surface area contributed by atoms with E-state index in [-0.39, 0.29) is 11.8 Å². The Kier molecular flexibility index (Phi) is 3.72. The van der Waals surface area contributed by atoms with Crippen LogP contribution in [0.3, 0.4) is 0 Å². The van der Waals surface area contributed by atoms with Gasteiger partial charge < -0.3 is 15.2 Å². The fraction of sp³-hybridized carbons (Fsp3) is 0.211. The largest absolute Gasteiger partial charge is 0.352 e. The first kappa shape index (κ1) is 15.4. The lowest BCUT2D eigenvalue weighted by Gasteiger charge is -2.11. The minimum atomic E-state index is -0.104. The zero-order valence-corrected chi connectivity index (χ0v) is 13.9. The summed E-state index contributed by atoms with van der Waals surface area (Å²) < 4.78 is 0. The molecule has 6 nitrogen and oxygen atoms in total. The standard InChI is InChI=1S/C19H18N4O2/c1-23-17-5-2-12(8-14(17)10-18(23)24)6-7-20-19(25)13-3-4-15-16(9-13)22-11-21-15/h2-5,8-9,11H,6-7,10H2,1H3,(H,20,25)(H,21,22). The van der Waals surface area contributed by atoms with E-state index < -0.39 is 0 Å². The number of H-pyrrole nitrogens is 1. The number of aromatic nitrogens is 2. The lowest BCUT2D eigenvalue weighted by atomic mass is 10.1. The van der Waals surface area contributed by atoms with Crippen molar-refractivity contribution < 1.29 is 9.59 Å². The van der Waals surface area contributed by atoms with Crippen LogP contribution < -0.4 is 10.2 Å². The van der Waals surface area contributed by atoms with Crippen molar-refractivity contribution in [1.29, 1.82) is 0 Å². The van der Waals surface area contributed by atoms with Crippen LogP contribution >= 0.6 is 0 Å². The topological polar surface area (TPSA) is 78.1 Å². The molecule has 2 aromatic carbocycles. The summed E-state index contributed by atoms with van der Waals surface area (Å²) in [5.41, 5.74) is 5.45. The van der Waals surface area contributed by atoms with E-state index in [0.29, 0.717) is 18.5 Å². The summed E-state index contributed by atoms with van der Waals surface area (Å²) in [7, 11) is 1.80. The number of benzene rings is 2. The van der Waals surface area contributed by atoms with E-state index in [1.54, 1.807) is 30.4 Å². The number of rotatable bonds is 4. The molecule has 0 bridgehead atoms. The maximum Gasteiger partial charge on any atom is 0.251 e. The van der Waals surface area contributed by atoms with Gasteiger partial charge in [0.25, 0.3) is 5.91 Å². The summed E-state index contributed by atoms with van der Waals surface area (Å²) in [6.45, 7) is 0.544. The fourth-order valence-electron chi connectivity index (χ4n) is 3.18. The van der Waals surface area contributed by atoms with Crippen LogP contribution in [0.1, 0.15) is 21.5 Å². The molecule has 1 aliphatic heterocycles. The first-order valence-electron chi connectivity index (χ1n) is 8.21. The highest BCUT2D eigenvalue weighted by atomic mass is 16.2. The smallest absolute Gasteiger partial charge is 0.251 e. The van der Waals surface area contributed by atoms with Crippen LogP contribution in [0.2, 0.25) is 0 Å². The number of likely N-dealkylation sites (N-methyl/N-ethyl adjacent to an activating group) is 1. The van der Waals surface area contributed by atoms with Crippen molar-refractivity contribution in [3.05, 3.63) is 59.4 Å². The van der Waals surface area contributed by atoms with Gasteiger partial charge in [-0.2, -0.15) is 0 Å². The van der Waals surface area contributed by atoms with Crippen LogP contribution in [0, 0.1) is 0 Å². The summed E-state index contributed by atoms with van der Waals surface area (Å²) in [6, 6.07) is 11.4. The lowest BCUT2D eigenvalue weighted by Crippen LogP contribution is -2.25. The first-order valence-corrected chi connectivity index (χ1v) is 8.21. The van der Waals surface area contributed by atoms with E-state index >= 15 is 0 Å². The zero-order valence-electron chi connectivity index (χ0n) is 13.9. The van der Waals surface area contributed by atoms with Gasteiger partial charge in [0.2, 0.25) is 5.91 Å². The molecule has 1 aromatic heterocycles. The molecular weight excluding hydrogens is 316 g/mol. The number of amides is 2. The number of hydrogen-bond donors (Lipinski definition) is 2. The summed E-state index contributed by atoms with van der Waals surface area (Å²) in [5.74, 6) is 0.0159. The number of carbonyl (C=O) groups excluding carboxylic acids is 2. The highest BCUT2D eigenvalue weighted by Crippen LogP contribution is 2.28.